The summed E-state index contributed by atoms with van der Waals surface area (Å²) in [6.45, 7) is 4.99. The molecule has 11 nitrogen and oxygen atoms in total. The van der Waals surface area contributed by atoms with Gasteiger partial charge in [-0.3, -0.25) is 24.1 Å². The number of aromatic hydroxyl groups is 1. The second-order valence-corrected chi connectivity index (χ2v) is 9.74. The summed E-state index contributed by atoms with van der Waals surface area (Å²) in [5, 5.41) is 12.1. The highest BCUT2D eigenvalue weighted by molar-refractivity contribution is 6.02. The number of amides is 3. The lowest BCUT2D eigenvalue weighted by atomic mass is 10.0. The maximum Gasteiger partial charge on any atom is 0.310 e. The van der Waals surface area contributed by atoms with Crippen molar-refractivity contribution in [1.82, 2.24) is 10.2 Å². The molecule has 39 heavy (non-hydrogen) atoms. The van der Waals surface area contributed by atoms with Gasteiger partial charge in [-0.2, -0.15) is 4.89 Å². The van der Waals surface area contributed by atoms with Gasteiger partial charge < -0.3 is 20.9 Å². The van der Waals surface area contributed by atoms with Gasteiger partial charge in [0.1, 0.15) is 24.4 Å². The number of imide groups is 1. The van der Waals surface area contributed by atoms with Crippen molar-refractivity contribution in [2.75, 3.05) is 0 Å². The second-order valence-electron chi connectivity index (χ2n) is 9.74. The molecule has 210 valence electrons. The Morgan fingerprint density at radius 2 is 1.74 bits per heavy atom. The molecule has 2 unspecified atom stereocenters. The summed E-state index contributed by atoms with van der Waals surface area (Å²) in [5.41, 5.74) is 7.67. The molecule has 0 bridgehead atoms. The SMILES string of the molecule is CC(C)[C@H](N)C(=O)N(C(=O)CCc1ccc(O)cc1)[C@@H](C)C(=O)NC1CC(=O)OC1OOCc1ccccc1. The molecule has 2 aromatic rings. The normalized spacial score (nSPS) is 18.3. The van der Waals surface area contributed by atoms with E-state index in [4.69, 9.17) is 20.2 Å². The van der Waals surface area contributed by atoms with Crippen molar-refractivity contribution in [3.05, 3.63) is 65.7 Å². The number of ether oxygens (including phenoxy) is 1. The van der Waals surface area contributed by atoms with Gasteiger partial charge in [-0.1, -0.05) is 56.3 Å². The van der Waals surface area contributed by atoms with Gasteiger partial charge in [0.05, 0.1) is 12.5 Å². The quantitative estimate of drug-likeness (QED) is 0.207. The van der Waals surface area contributed by atoms with Crippen LogP contribution < -0.4 is 11.1 Å². The van der Waals surface area contributed by atoms with Crippen LogP contribution in [0.1, 0.15) is 44.7 Å². The maximum atomic E-state index is 13.2. The number of aryl methyl sites for hydroxylation is 1. The first-order valence-electron chi connectivity index (χ1n) is 12.8. The molecule has 1 saturated heterocycles. The lowest BCUT2D eigenvalue weighted by Crippen LogP contribution is -2.58. The molecule has 1 aliphatic rings. The number of cyclic esters (lactones) is 1. The van der Waals surface area contributed by atoms with E-state index in [-0.39, 0.29) is 37.5 Å². The summed E-state index contributed by atoms with van der Waals surface area (Å²) in [6.07, 6.45) is -1.16. The second kappa shape index (κ2) is 13.8. The van der Waals surface area contributed by atoms with Crippen LogP contribution >= 0.6 is 0 Å². The third-order valence-corrected chi connectivity index (χ3v) is 6.36. The molecule has 1 aliphatic heterocycles. The van der Waals surface area contributed by atoms with Crippen LogP contribution in [0.15, 0.2) is 54.6 Å². The van der Waals surface area contributed by atoms with E-state index in [1.165, 1.54) is 19.1 Å². The number of nitrogens with zero attached hydrogens (tertiary/aromatic N) is 1. The Morgan fingerprint density at radius 3 is 2.38 bits per heavy atom. The highest BCUT2D eigenvalue weighted by Gasteiger charge is 2.41. The van der Waals surface area contributed by atoms with Gasteiger partial charge in [0.25, 0.3) is 6.29 Å². The summed E-state index contributed by atoms with van der Waals surface area (Å²) >= 11 is 0. The number of esters is 1. The number of rotatable bonds is 12. The first-order valence-corrected chi connectivity index (χ1v) is 12.8. The number of benzene rings is 2. The summed E-state index contributed by atoms with van der Waals surface area (Å²) in [5.74, 6) is -2.72. The van der Waals surface area contributed by atoms with Crippen molar-refractivity contribution in [2.24, 2.45) is 11.7 Å². The van der Waals surface area contributed by atoms with Crippen LogP contribution in [-0.4, -0.2) is 58.1 Å². The highest BCUT2D eigenvalue weighted by atomic mass is 17.2. The Balaban J connectivity index is 1.66. The fraction of sp³-hybridized carbons (Fsp3) is 0.429. The van der Waals surface area contributed by atoms with Gasteiger partial charge in [0.2, 0.25) is 17.7 Å². The maximum absolute atomic E-state index is 13.2. The molecule has 11 heteroatoms. The summed E-state index contributed by atoms with van der Waals surface area (Å²) < 4.78 is 5.13. The van der Waals surface area contributed by atoms with Crippen molar-refractivity contribution in [3.8, 4) is 5.75 Å². The van der Waals surface area contributed by atoms with Crippen molar-refractivity contribution in [2.45, 2.75) is 71.1 Å². The minimum Gasteiger partial charge on any atom is -0.508 e. The van der Waals surface area contributed by atoms with E-state index in [9.17, 15) is 24.3 Å². The van der Waals surface area contributed by atoms with E-state index in [1.54, 1.807) is 26.0 Å². The number of hydrogen-bond acceptors (Lipinski definition) is 9. The molecule has 0 saturated carbocycles. The largest absolute Gasteiger partial charge is 0.508 e. The van der Waals surface area contributed by atoms with Gasteiger partial charge in [-0.25, -0.2) is 4.89 Å². The van der Waals surface area contributed by atoms with E-state index < -0.39 is 48.1 Å². The molecule has 0 aromatic heterocycles. The summed E-state index contributed by atoms with van der Waals surface area (Å²) in [6, 6.07) is 12.4. The van der Waals surface area contributed by atoms with Crippen molar-refractivity contribution < 1.29 is 38.8 Å². The van der Waals surface area contributed by atoms with Gasteiger partial charge in [-0.15, -0.1) is 0 Å². The third-order valence-electron chi connectivity index (χ3n) is 6.36. The zero-order valence-electron chi connectivity index (χ0n) is 22.2. The van der Waals surface area contributed by atoms with Crippen molar-refractivity contribution >= 4 is 23.7 Å². The first kappa shape index (κ1) is 29.8. The van der Waals surface area contributed by atoms with Gasteiger partial charge in [0.15, 0.2) is 0 Å². The van der Waals surface area contributed by atoms with Gasteiger partial charge >= 0.3 is 5.97 Å². The number of carbonyl (C=O) groups is 4. The van der Waals surface area contributed by atoms with E-state index >= 15 is 0 Å². The molecule has 0 spiro atoms. The molecule has 1 heterocycles. The highest BCUT2D eigenvalue weighted by Crippen LogP contribution is 2.19. The van der Waals surface area contributed by atoms with Crippen LogP contribution in [0.3, 0.4) is 0 Å². The standard InChI is InChI=1S/C28H35N3O8/c1-17(2)25(29)27(36)31(23(33)14-11-19-9-12-21(32)13-10-19)18(3)26(35)30-22-15-24(34)38-28(22)39-37-16-20-7-5-4-6-8-20/h4-10,12-13,17-18,22,25,28,32H,11,14-16,29H2,1-3H3,(H,30,35)/t18-,22?,25-,28?/m0/s1. The molecule has 4 atom stereocenters. The third kappa shape index (κ3) is 8.34. The van der Waals surface area contributed by atoms with Gasteiger partial charge in [0, 0.05) is 6.42 Å². The lowest BCUT2D eigenvalue weighted by Gasteiger charge is -2.31. The summed E-state index contributed by atoms with van der Waals surface area (Å²) in [7, 11) is 0. The van der Waals surface area contributed by atoms with Gasteiger partial charge in [-0.05, 0) is 42.5 Å². The van der Waals surface area contributed by atoms with Crippen LogP contribution in [-0.2, 0) is 46.7 Å². The van der Waals surface area contributed by atoms with Crippen LogP contribution in [0, 0.1) is 5.92 Å². The molecule has 1 fully saturated rings. The van der Waals surface area contributed by atoms with E-state index in [0.717, 1.165) is 16.0 Å². The number of hydrogen-bond donors (Lipinski definition) is 3. The first-order chi connectivity index (χ1) is 18.6. The minimum absolute atomic E-state index is 0.0664. The average molecular weight is 542 g/mol. The Kier molecular flexibility index (Phi) is 10.6. The molecular formula is C28H35N3O8. The Hall–Kier alpha value is -3.80. The number of nitrogens with one attached hydrogen (secondary N) is 1. The summed E-state index contributed by atoms with van der Waals surface area (Å²) in [4.78, 5) is 62.9. The molecular weight excluding hydrogens is 506 g/mol. The van der Waals surface area contributed by atoms with E-state index in [0.29, 0.717) is 0 Å². The number of carbonyl (C=O) groups excluding carboxylic acids is 4. The number of nitrogens with two attached hydrogens (primary N) is 1. The molecule has 2 aromatic carbocycles. The van der Waals surface area contributed by atoms with Crippen molar-refractivity contribution in [1.29, 1.82) is 0 Å². The molecule has 0 radical (unpaired) electrons. The lowest BCUT2D eigenvalue weighted by molar-refractivity contribution is -0.375. The zero-order valence-corrected chi connectivity index (χ0v) is 22.2. The Morgan fingerprint density at radius 1 is 1.08 bits per heavy atom. The van der Waals surface area contributed by atoms with Crippen LogP contribution in [0.4, 0.5) is 0 Å². The minimum atomic E-state index is -1.23. The van der Waals surface area contributed by atoms with Crippen LogP contribution in [0.2, 0.25) is 0 Å². The fourth-order valence-electron chi connectivity index (χ4n) is 3.92. The van der Waals surface area contributed by atoms with Crippen LogP contribution in [0.25, 0.3) is 0 Å². The number of phenols is 1. The Bertz CT molecular complexity index is 1140. The number of phenolic OH excluding ortho intramolecular Hbond substituents is 1. The predicted molar refractivity (Wildman–Crippen MR) is 139 cm³/mol. The molecule has 4 N–H and O–H groups in total. The Labute approximate surface area is 227 Å². The fourth-order valence-corrected chi connectivity index (χ4v) is 3.92. The zero-order chi connectivity index (χ0) is 28.5. The smallest absolute Gasteiger partial charge is 0.310 e. The van der Waals surface area contributed by atoms with Crippen LogP contribution in [0.5, 0.6) is 5.75 Å². The van der Waals surface area contributed by atoms with E-state index in [2.05, 4.69) is 5.32 Å². The van der Waals surface area contributed by atoms with E-state index in [1.807, 2.05) is 30.3 Å². The monoisotopic (exact) mass is 541 g/mol. The predicted octanol–water partition coefficient (Wildman–Crippen LogP) is 1.96. The molecule has 3 amide bonds. The molecule has 0 aliphatic carbocycles. The molecule has 3 rings (SSSR count). The average Bonchev–Trinajstić information content (AvgIpc) is 3.26. The van der Waals surface area contributed by atoms with Crippen molar-refractivity contribution in [3.63, 3.8) is 0 Å². The topological polar surface area (TPSA) is 157 Å².